The average Bonchev–Trinajstić information content (AvgIpc) is 2.41. The highest BCUT2D eigenvalue weighted by Gasteiger charge is 2.29. The third-order valence-electron chi connectivity index (χ3n) is 4.60. The molecule has 0 aromatic heterocycles. The van der Waals surface area contributed by atoms with Crippen LogP contribution in [-0.4, -0.2) is 13.2 Å². The molecule has 1 saturated carbocycles. The van der Waals surface area contributed by atoms with Gasteiger partial charge in [0.25, 0.3) is 0 Å². The summed E-state index contributed by atoms with van der Waals surface area (Å²) in [6.07, 6.45) is 4.15. The smallest absolute Gasteiger partial charge is 0.127 e. The molecule has 3 atom stereocenters. The molecule has 100 valence electrons. The summed E-state index contributed by atoms with van der Waals surface area (Å²) in [4.78, 5) is 0. The van der Waals surface area contributed by atoms with Crippen molar-refractivity contribution in [1.29, 1.82) is 0 Å². The number of rotatable bonds is 4. The van der Waals surface area contributed by atoms with Gasteiger partial charge in [-0.15, -0.1) is 0 Å². The number of para-hydroxylation sites is 1. The van der Waals surface area contributed by atoms with Gasteiger partial charge in [-0.2, -0.15) is 0 Å². The van der Waals surface area contributed by atoms with E-state index < -0.39 is 0 Å². The fourth-order valence-electron chi connectivity index (χ4n) is 3.11. The maximum absolute atomic E-state index is 5.41. The molecule has 1 fully saturated rings. The maximum atomic E-state index is 5.41. The predicted octanol–water partition coefficient (Wildman–Crippen LogP) is 2.58. The minimum atomic E-state index is 0.777. The Morgan fingerprint density at radius 2 is 2.00 bits per heavy atom. The molecular formula is C16H26NO+. The second kappa shape index (κ2) is 6.24. The molecule has 0 heterocycles. The summed E-state index contributed by atoms with van der Waals surface area (Å²) in [5.74, 6) is 2.72. The van der Waals surface area contributed by atoms with Gasteiger partial charge >= 0.3 is 0 Å². The second-order valence-corrected chi connectivity index (χ2v) is 5.68. The number of quaternary nitrogens is 1. The Morgan fingerprint density at radius 1 is 1.22 bits per heavy atom. The van der Waals surface area contributed by atoms with Crippen LogP contribution >= 0.6 is 0 Å². The molecule has 1 aliphatic rings. The van der Waals surface area contributed by atoms with Gasteiger partial charge in [-0.1, -0.05) is 26.0 Å². The van der Waals surface area contributed by atoms with E-state index in [4.69, 9.17) is 4.74 Å². The monoisotopic (exact) mass is 248 g/mol. The van der Waals surface area contributed by atoms with Crippen LogP contribution in [0.5, 0.6) is 5.75 Å². The van der Waals surface area contributed by atoms with Crippen molar-refractivity contribution in [2.75, 3.05) is 7.11 Å². The molecule has 2 nitrogen and oxygen atoms in total. The van der Waals surface area contributed by atoms with Gasteiger partial charge in [-0.25, -0.2) is 0 Å². The standard InChI is InChI=1S/C16H25NO/c1-12-7-6-9-15(13(12)2)17-11-14-8-4-5-10-16(14)18-3/h4-5,8,10,12-13,15,17H,6-7,9,11H2,1-3H3/p+1/t12-,13-,15+/m0/s1. The number of nitrogens with two attached hydrogens (primary N) is 1. The Balaban J connectivity index is 1.94. The lowest BCUT2D eigenvalue weighted by Crippen LogP contribution is -2.90. The van der Waals surface area contributed by atoms with E-state index in [0.29, 0.717) is 0 Å². The third kappa shape index (κ3) is 3.05. The SMILES string of the molecule is COc1ccccc1C[NH2+][C@@H]1CCC[C@H](C)[C@@H]1C. The van der Waals surface area contributed by atoms with Crippen LogP contribution in [-0.2, 0) is 6.54 Å². The van der Waals surface area contributed by atoms with Crippen molar-refractivity contribution < 1.29 is 10.1 Å². The fourth-order valence-corrected chi connectivity index (χ4v) is 3.11. The molecule has 2 N–H and O–H groups in total. The van der Waals surface area contributed by atoms with Crippen LogP contribution in [0.3, 0.4) is 0 Å². The van der Waals surface area contributed by atoms with Crippen LogP contribution < -0.4 is 10.1 Å². The van der Waals surface area contributed by atoms with Crippen molar-refractivity contribution in [2.24, 2.45) is 11.8 Å². The Labute approximate surface area is 111 Å². The predicted molar refractivity (Wildman–Crippen MR) is 74.6 cm³/mol. The topological polar surface area (TPSA) is 25.8 Å². The van der Waals surface area contributed by atoms with Crippen molar-refractivity contribution in [1.82, 2.24) is 0 Å². The summed E-state index contributed by atoms with van der Waals surface area (Å²) in [5, 5.41) is 2.51. The lowest BCUT2D eigenvalue weighted by Gasteiger charge is -2.32. The summed E-state index contributed by atoms with van der Waals surface area (Å²) in [5.41, 5.74) is 1.31. The van der Waals surface area contributed by atoms with E-state index in [1.165, 1.54) is 24.8 Å². The molecule has 1 aromatic rings. The van der Waals surface area contributed by atoms with Gasteiger partial charge < -0.3 is 10.1 Å². The first-order chi connectivity index (χ1) is 8.72. The van der Waals surface area contributed by atoms with Crippen LogP contribution in [0.4, 0.5) is 0 Å². The third-order valence-corrected chi connectivity index (χ3v) is 4.60. The first-order valence-corrected chi connectivity index (χ1v) is 7.17. The summed E-state index contributed by atoms with van der Waals surface area (Å²) in [6.45, 7) is 5.84. The number of benzene rings is 1. The molecule has 0 aliphatic heterocycles. The zero-order chi connectivity index (χ0) is 13.0. The van der Waals surface area contributed by atoms with E-state index in [2.05, 4.69) is 37.4 Å². The number of hydrogen-bond donors (Lipinski definition) is 1. The average molecular weight is 248 g/mol. The molecule has 1 aromatic carbocycles. The minimum absolute atomic E-state index is 0.777. The summed E-state index contributed by atoms with van der Waals surface area (Å²) in [7, 11) is 1.75. The van der Waals surface area contributed by atoms with Crippen LogP contribution in [0, 0.1) is 11.8 Å². The molecule has 0 radical (unpaired) electrons. The first kappa shape index (κ1) is 13.4. The number of hydrogen-bond acceptors (Lipinski definition) is 1. The molecule has 0 bridgehead atoms. The van der Waals surface area contributed by atoms with E-state index in [9.17, 15) is 0 Å². The lowest BCUT2D eigenvalue weighted by atomic mass is 9.78. The largest absolute Gasteiger partial charge is 0.496 e. The maximum Gasteiger partial charge on any atom is 0.127 e. The van der Waals surface area contributed by atoms with Crippen LogP contribution in [0.1, 0.15) is 38.7 Å². The van der Waals surface area contributed by atoms with E-state index in [0.717, 1.165) is 30.2 Å². The minimum Gasteiger partial charge on any atom is -0.496 e. The Kier molecular flexibility index (Phi) is 4.65. The zero-order valence-corrected chi connectivity index (χ0v) is 11.9. The van der Waals surface area contributed by atoms with Gasteiger partial charge in [0, 0.05) is 11.5 Å². The van der Waals surface area contributed by atoms with Crippen molar-refractivity contribution in [3.63, 3.8) is 0 Å². The Hall–Kier alpha value is -1.02. The number of methoxy groups -OCH3 is 1. The highest BCUT2D eigenvalue weighted by molar-refractivity contribution is 5.32. The van der Waals surface area contributed by atoms with Crippen LogP contribution in [0.2, 0.25) is 0 Å². The second-order valence-electron chi connectivity index (χ2n) is 5.68. The molecule has 2 rings (SSSR count). The summed E-state index contributed by atoms with van der Waals surface area (Å²) in [6, 6.07) is 9.13. The molecule has 2 heteroatoms. The van der Waals surface area contributed by atoms with Gasteiger partial charge in [-0.05, 0) is 37.3 Å². The van der Waals surface area contributed by atoms with Gasteiger partial charge in [0.1, 0.15) is 12.3 Å². The number of ether oxygens (including phenoxy) is 1. The van der Waals surface area contributed by atoms with E-state index in [1.807, 2.05) is 6.07 Å². The van der Waals surface area contributed by atoms with Gasteiger partial charge in [0.05, 0.1) is 13.2 Å². The highest BCUT2D eigenvalue weighted by Crippen LogP contribution is 2.27. The van der Waals surface area contributed by atoms with Gasteiger partial charge in [-0.3, -0.25) is 0 Å². The van der Waals surface area contributed by atoms with Crippen LogP contribution in [0.15, 0.2) is 24.3 Å². The lowest BCUT2D eigenvalue weighted by molar-refractivity contribution is -0.713. The Morgan fingerprint density at radius 3 is 2.78 bits per heavy atom. The van der Waals surface area contributed by atoms with E-state index in [1.54, 1.807) is 7.11 Å². The zero-order valence-electron chi connectivity index (χ0n) is 11.9. The fraction of sp³-hybridized carbons (Fsp3) is 0.625. The van der Waals surface area contributed by atoms with E-state index >= 15 is 0 Å². The summed E-state index contributed by atoms with van der Waals surface area (Å²) >= 11 is 0. The van der Waals surface area contributed by atoms with Crippen LogP contribution in [0.25, 0.3) is 0 Å². The van der Waals surface area contributed by atoms with Crippen molar-refractivity contribution in [3.8, 4) is 5.75 Å². The van der Waals surface area contributed by atoms with Gasteiger partial charge in [0.2, 0.25) is 0 Å². The summed E-state index contributed by atoms with van der Waals surface area (Å²) < 4.78 is 5.41. The molecule has 0 spiro atoms. The van der Waals surface area contributed by atoms with Crippen molar-refractivity contribution in [3.05, 3.63) is 29.8 Å². The van der Waals surface area contributed by atoms with E-state index in [-0.39, 0.29) is 0 Å². The normalized spacial score (nSPS) is 28.1. The Bertz CT molecular complexity index is 377. The molecule has 0 amide bonds. The van der Waals surface area contributed by atoms with Gasteiger partial charge in [0.15, 0.2) is 0 Å². The molecule has 0 saturated heterocycles. The molecular weight excluding hydrogens is 222 g/mol. The first-order valence-electron chi connectivity index (χ1n) is 7.17. The van der Waals surface area contributed by atoms with Crippen molar-refractivity contribution >= 4 is 0 Å². The molecule has 18 heavy (non-hydrogen) atoms. The highest BCUT2D eigenvalue weighted by atomic mass is 16.5. The van der Waals surface area contributed by atoms with Crippen molar-refractivity contribution in [2.45, 2.75) is 45.7 Å². The molecule has 0 unspecified atom stereocenters. The molecule has 1 aliphatic carbocycles. The quantitative estimate of drug-likeness (QED) is 0.870.